The molecule has 1 saturated heterocycles. The summed E-state index contributed by atoms with van der Waals surface area (Å²) in [4.78, 5) is 10.8. The van der Waals surface area contributed by atoms with Crippen molar-refractivity contribution in [1.29, 1.82) is 0 Å². The van der Waals surface area contributed by atoms with Crippen LogP contribution in [0.4, 0.5) is 0 Å². The van der Waals surface area contributed by atoms with Crippen molar-refractivity contribution in [2.75, 3.05) is 20.3 Å². The van der Waals surface area contributed by atoms with E-state index in [1.165, 1.54) is 31.4 Å². The lowest BCUT2D eigenvalue weighted by Crippen LogP contribution is -2.39. The van der Waals surface area contributed by atoms with Crippen LogP contribution in [0.25, 0.3) is 11.0 Å². The lowest BCUT2D eigenvalue weighted by molar-refractivity contribution is 0.0956. The first-order chi connectivity index (χ1) is 10.3. The lowest BCUT2D eigenvalue weighted by Gasteiger charge is -2.35. The van der Waals surface area contributed by atoms with Gasteiger partial charge in [0.1, 0.15) is 5.82 Å². The Hall–Kier alpha value is -1.39. The largest absolute Gasteiger partial charge is 0.385 e. The summed E-state index contributed by atoms with van der Waals surface area (Å²) in [6, 6.07) is 7.02. The molecule has 1 atom stereocenters. The van der Waals surface area contributed by atoms with E-state index in [0.29, 0.717) is 6.04 Å². The zero-order valence-corrected chi connectivity index (χ0v) is 13.1. The summed E-state index contributed by atoms with van der Waals surface area (Å²) in [5.74, 6) is 1.08. The SMILES string of the molecule is COCCC1CCCCN1Cc1nc2ccc(C)cc2[nH]1. The van der Waals surface area contributed by atoms with Crippen LogP contribution >= 0.6 is 0 Å². The quantitative estimate of drug-likeness (QED) is 0.917. The number of methoxy groups -OCH3 is 1. The number of aryl methyl sites for hydroxylation is 1. The molecule has 4 nitrogen and oxygen atoms in total. The first kappa shape index (κ1) is 14.5. The van der Waals surface area contributed by atoms with E-state index in [9.17, 15) is 0 Å². The van der Waals surface area contributed by atoms with Crippen molar-refractivity contribution in [1.82, 2.24) is 14.9 Å². The Labute approximate surface area is 126 Å². The molecule has 0 bridgehead atoms. The fraction of sp³-hybridized carbons (Fsp3) is 0.588. The molecule has 1 aromatic carbocycles. The Balaban J connectivity index is 1.72. The summed E-state index contributed by atoms with van der Waals surface area (Å²) in [6.07, 6.45) is 5.03. The summed E-state index contributed by atoms with van der Waals surface area (Å²) >= 11 is 0. The number of fused-ring (bicyclic) bond motifs is 1. The van der Waals surface area contributed by atoms with Gasteiger partial charge in [0.25, 0.3) is 0 Å². The molecule has 1 aliphatic heterocycles. The normalized spacial score (nSPS) is 20.2. The van der Waals surface area contributed by atoms with Crippen molar-refractivity contribution in [3.05, 3.63) is 29.6 Å². The number of rotatable bonds is 5. The molecule has 1 unspecified atom stereocenters. The van der Waals surface area contributed by atoms with Crippen molar-refractivity contribution in [3.8, 4) is 0 Å². The Morgan fingerprint density at radius 1 is 1.38 bits per heavy atom. The first-order valence-electron chi connectivity index (χ1n) is 7.94. The zero-order valence-electron chi connectivity index (χ0n) is 13.1. The zero-order chi connectivity index (χ0) is 14.7. The number of aromatic nitrogens is 2. The third-order valence-electron chi connectivity index (χ3n) is 4.44. The summed E-state index contributed by atoms with van der Waals surface area (Å²) in [5, 5.41) is 0. The molecule has 1 N–H and O–H groups in total. The number of hydrogen-bond acceptors (Lipinski definition) is 3. The van der Waals surface area contributed by atoms with E-state index in [1.807, 2.05) is 0 Å². The molecule has 0 amide bonds. The van der Waals surface area contributed by atoms with Gasteiger partial charge in [-0.05, 0) is 50.4 Å². The second-order valence-electron chi connectivity index (χ2n) is 6.11. The summed E-state index contributed by atoms with van der Waals surface area (Å²) in [6.45, 7) is 5.05. The molecule has 0 radical (unpaired) electrons. The maximum Gasteiger partial charge on any atom is 0.121 e. The molecule has 2 aromatic rings. The van der Waals surface area contributed by atoms with E-state index in [2.05, 4.69) is 35.0 Å². The van der Waals surface area contributed by atoms with Crippen molar-refractivity contribution < 1.29 is 4.74 Å². The minimum absolute atomic E-state index is 0.633. The van der Waals surface area contributed by atoms with Gasteiger partial charge in [0.15, 0.2) is 0 Å². The van der Waals surface area contributed by atoms with Crippen LogP contribution in [0.5, 0.6) is 0 Å². The highest BCUT2D eigenvalue weighted by Crippen LogP contribution is 2.22. The van der Waals surface area contributed by atoms with Gasteiger partial charge in [-0.2, -0.15) is 0 Å². The molecule has 1 fully saturated rings. The summed E-state index contributed by atoms with van der Waals surface area (Å²) < 4.78 is 5.25. The third kappa shape index (κ3) is 3.44. The van der Waals surface area contributed by atoms with E-state index in [0.717, 1.165) is 36.4 Å². The number of likely N-dealkylation sites (tertiary alicyclic amines) is 1. The van der Waals surface area contributed by atoms with Gasteiger partial charge in [0.2, 0.25) is 0 Å². The van der Waals surface area contributed by atoms with Crippen LogP contribution < -0.4 is 0 Å². The summed E-state index contributed by atoms with van der Waals surface area (Å²) in [7, 11) is 1.79. The number of piperidine rings is 1. The fourth-order valence-corrected chi connectivity index (χ4v) is 3.29. The average Bonchev–Trinajstić information content (AvgIpc) is 2.87. The highest BCUT2D eigenvalue weighted by molar-refractivity contribution is 5.75. The monoisotopic (exact) mass is 287 g/mol. The maximum atomic E-state index is 5.25. The molecular weight excluding hydrogens is 262 g/mol. The summed E-state index contributed by atoms with van der Waals surface area (Å²) in [5.41, 5.74) is 3.49. The average molecular weight is 287 g/mol. The van der Waals surface area contributed by atoms with Crippen molar-refractivity contribution >= 4 is 11.0 Å². The number of nitrogens with zero attached hydrogens (tertiary/aromatic N) is 2. The van der Waals surface area contributed by atoms with Crippen LogP contribution in [0.1, 0.15) is 37.1 Å². The number of imidazole rings is 1. The molecule has 21 heavy (non-hydrogen) atoms. The molecule has 0 aliphatic carbocycles. The van der Waals surface area contributed by atoms with Crippen LogP contribution in [0, 0.1) is 6.92 Å². The van der Waals surface area contributed by atoms with Crippen molar-refractivity contribution in [3.63, 3.8) is 0 Å². The van der Waals surface area contributed by atoms with Gasteiger partial charge in [0, 0.05) is 19.8 Å². The highest BCUT2D eigenvalue weighted by atomic mass is 16.5. The maximum absolute atomic E-state index is 5.25. The molecular formula is C17H25N3O. The van der Waals surface area contributed by atoms with Gasteiger partial charge in [-0.25, -0.2) is 4.98 Å². The predicted molar refractivity (Wildman–Crippen MR) is 85.4 cm³/mol. The van der Waals surface area contributed by atoms with Crippen LogP contribution in [-0.4, -0.2) is 41.2 Å². The second kappa shape index (κ2) is 6.58. The standard InChI is InChI=1S/C17H25N3O/c1-13-6-7-15-16(11-13)19-17(18-15)12-20-9-4-3-5-14(20)8-10-21-2/h6-7,11,14H,3-5,8-10,12H2,1-2H3,(H,18,19). The van der Waals surface area contributed by atoms with Gasteiger partial charge < -0.3 is 9.72 Å². The van der Waals surface area contributed by atoms with E-state index in [4.69, 9.17) is 9.72 Å². The van der Waals surface area contributed by atoms with E-state index in [1.54, 1.807) is 7.11 Å². The van der Waals surface area contributed by atoms with Gasteiger partial charge >= 0.3 is 0 Å². The van der Waals surface area contributed by atoms with Gasteiger partial charge in [-0.1, -0.05) is 12.5 Å². The predicted octanol–water partition coefficient (Wildman–Crippen LogP) is 3.26. The fourth-order valence-electron chi connectivity index (χ4n) is 3.29. The van der Waals surface area contributed by atoms with Crippen molar-refractivity contribution in [2.24, 2.45) is 0 Å². The molecule has 4 heteroatoms. The topological polar surface area (TPSA) is 41.1 Å². The lowest BCUT2D eigenvalue weighted by atomic mass is 10.00. The molecule has 114 valence electrons. The smallest absolute Gasteiger partial charge is 0.121 e. The first-order valence-corrected chi connectivity index (χ1v) is 7.94. The Morgan fingerprint density at radius 2 is 2.29 bits per heavy atom. The van der Waals surface area contributed by atoms with Gasteiger partial charge in [-0.3, -0.25) is 4.90 Å². The Morgan fingerprint density at radius 3 is 3.14 bits per heavy atom. The number of hydrogen-bond donors (Lipinski definition) is 1. The Kier molecular flexibility index (Phi) is 4.56. The number of ether oxygens (including phenoxy) is 1. The molecule has 0 spiro atoms. The Bertz CT molecular complexity index is 593. The van der Waals surface area contributed by atoms with E-state index >= 15 is 0 Å². The van der Waals surface area contributed by atoms with Crippen LogP contribution in [-0.2, 0) is 11.3 Å². The van der Waals surface area contributed by atoms with Gasteiger partial charge in [0.05, 0.1) is 17.6 Å². The minimum atomic E-state index is 0.633. The number of nitrogens with one attached hydrogen (secondary N) is 1. The van der Waals surface area contributed by atoms with Gasteiger partial charge in [-0.15, -0.1) is 0 Å². The van der Waals surface area contributed by atoms with E-state index in [-0.39, 0.29) is 0 Å². The highest BCUT2D eigenvalue weighted by Gasteiger charge is 2.23. The number of aromatic amines is 1. The third-order valence-corrected chi connectivity index (χ3v) is 4.44. The number of benzene rings is 1. The number of H-pyrrole nitrogens is 1. The minimum Gasteiger partial charge on any atom is -0.385 e. The molecule has 1 aromatic heterocycles. The molecule has 1 aliphatic rings. The molecule has 2 heterocycles. The van der Waals surface area contributed by atoms with E-state index < -0.39 is 0 Å². The van der Waals surface area contributed by atoms with Crippen molar-refractivity contribution in [2.45, 2.75) is 45.2 Å². The van der Waals surface area contributed by atoms with Crippen LogP contribution in [0.2, 0.25) is 0 Å². The molecule has 3 rings (SSSR count). The van der Waals surface area contributed by atoms with Crippen LogP contribution in [0.15, 0.2) is 18.2 Å². The molecule has 0 saturated carbocycles. The second-order valence-corrected chi connectivity index (χ2v) is 6.11. The van der Waals surface area contributed by atoms with Crippen LogP contribution in [0.3, 0.4) is 0 Å².